The number of nitrogens with zero attached hydrogens (tertiary/aromatic N) is 4. The van der Waals surface area contributed by atoms with Gasteiger partial charge in [-0.25, -0.2) is 29.3 Å². The molecule has 0 aromatic carbocycles. The fourth-order valence-corrected chi connectivity index (χ4v) is 4.39. The van der Waals surface area contributed by atoms with Crippen molar-refractivity contribution >= 4 is 35.5 Å². The van der Waals surface area contributed by atoms with Crippen LogP contribution in [-0.4, -0.2) is 81.5 Å². The monoisotopic (exact) mass is 513 g/mol. The Labute approximate surface area is 213 Å². The second kappa shape index (κ2) is 11.7. The molecule has 1 saturated heterocycles. The van der Waals surface area contributed by atoms with Crippen molar-refractivity contribution in [3.8, 4) is 0 Å². The molecule has 1 fully saturated rings. The number of hydrogen-bond acceptors (Lipinski definition) is 10. The van der Waals surface area contributed by atoms with Gasteiger partial charge in [0.2, 0.25) is 0 Å². The van der Waals surface area contributed by atoms with Gasteiger partial charge in [-0.2, -0.15) is 0 Å². The molecule has 5 N–H and O–H groups in total. The summed E-state index contributed by atoms with van der Waals surface area (Å²) in [4.78, 5) is 49.7. The third kappa shape index (κ3) is 6.74. The lowest BCUT2D eigenvalue weighted by Crippen LogP contribution is -2.46. The first kappa shape index (κ1) is 25.9. The summed E-state index contributed by atoms with van der Waals surface area (Å²) in [7, 11) is 0. The zero-order valence-electron chi connectivity index (χ0n) is 20.5. The largest absolute Gasteiger partial charge is 0.480 e. The highest BCUT2D eigenvalue weighted by Crippen LogP contribution is 2.31. The summed E-state index contributed by atoms with van der Waals surface area (Å²) in [6.07, 6.45) is 2.91. The molecule has 13 nitrogen and oxygen atoms in total. The van der Waals surface area contributed by atoms with Crippen molar-refractivity contribution in [2.75, 3.05) is 41.7 Å². The van der Waals surface area contributed by atoms with E-state index in [1.807, 2.05) is 0 Å². The number of fused-ring (bicyclic) bond motifs is 1. The molecule has 0 bridgehead atoms. The number of aromatic nitrogens is 3. The molecule has 0 saturated carbocycles. The molecule has 1 unspecified atom stereocenters. The first-order valence-corrected chi connectivity index (χ1v) is 12.3. The highest BCUT2D eigenvalue weighted by Gasteiger charge is 2.25. The molecule has 13 heteroatoms. The quantitative estimate of drug-likeness (QED) is 0.328. The Bertz CT molecular complexity index is 1140. The van der Waals surface area contributed by atoms with Gasteiger partial charge in [-0.05, 0) is 44.2 Å². The van der Waals surface area contributed by atoms with Gasteiger partial charge < -0.3 is 35.8 Å². The van der Waals surface area contributed by atoms with Gasteiger partial charge in [-0.15, -0.1) is 0 Å². The van der Waals surface area contributed by atoms with E-state index in [4.69, 9.17) is 10.1 Å². The average Bonchev–Trinajstić information content (AvgIpc) is 2.90. The molecule has 1 amide bonds. The number of piperidine rings is 1. The number of alkyl carbamates (subject to hydrolysis) is 1. The van der Waals surface area contributed by atoms with Gasteiger partial charge in [0.1, 0.15) is 29.8 Å². The smallest absolute Gasteiger partial charge is 0.408 e. The number of aliphatic carboxylic acids is 2. The molecule has 2 aliphatic rings. The average molecular weight is 514 g/mol. The zero-order chi connectivity index (χ0) is 26.4. The molecule has 4 heterocycles. The number of carbonyl (C=O) groups excluding carboxylic acids is 1. The number of ether oxygens (including phenoxy) is 1. The summed E-state index contributed by atoms with van der Waals surface area (Å²) < 4.78 is 4.63. The van der Waals surface area contributed by atoms with Crippen molar-refractivity contribution in [2.24, 2.45) is 0 Å². The third-order valence-corrected chi connectivity index (χ3v) is 6.51. The molecule has 2 aliphatic heterocycles. The van der Waals surface area contributed by atoms with Crippen LogP contribution in [0.5, 0.6) is 0 Å². The van der Waals surface area contributed by atoms with Crippen molar-refractivity contribution < 1.29 is 29.3 Å². The van der Waals surface area contributed by atoms with Gasteiger partial charge in [0, 0.05) is 43.9 Å². The van der Waals surface area contributed by atoms with E-state index in [2.05, 4.69) is 47.7 Å². The Hall–Kier alpha value is -4.16. The number of nitrogens with one attached hydrogen (secondary N) is 3. The molecule has 2 atom stereocenters. The molecule has 0 spiro atoms. The fraction of sp³-hybridized carbons (Fsp3) is 0.500. The number of carbonyl (C=O) groups is 3. The van der Waals surface area contributed by atoms with E-state index in [0.717, 1.165) is 56.8 Å². The summed E-state index contributed by atoms with van der Waals surface area (Å²) in [5.74, 6) is -0.156. The summed E-state index contributed by atoms with van der Waals surface area (Å²) in [5, 5.41) is 26.7. The molecule has 37 heavy (non-hydrogen) atoms. The Morgan fingerprint density at radius 3 is 2.70 bits per heavy atom. The van der Waals surface area contributed by atoms with Gasteiger partial charge in [0.15, 0.2) is 6.10 Å². The second-order valence-electron chi connectivity index (χ2n) is 9.10. The van der Waals surface area contributed by atoms with E-state index in [1.165, 1.54) is 18.8 Å². The maximum Gasteiger partial charge on any atom is 0.408 e. The number of pyridine rings is 1. The van der Waals surface area contributed by atoms with Crippen molar-refractivity contribution in [2.45, 2.75) is 50.7 Å². The third-order valence-electron chi connectivity index (χ3n) is 6.51. The topological polar surface area (TPSA) is 179 Å². The van der Waals surface area contributed by atoms with Crippen LogP contribution >= 0.6 is 0 Å². The Balaban J connectivity index is 1.31. The molecular formula is C24H31N7O6. The standard InChI is InChI=1S/C24H31N7O6/c1-14(22(32)33)37-24(36)30-18(23(34)35)12-26-19-11-20(28-13-27-19)31-9-6-15(7-10-31)17-5-4-16-3-2-8-25-21(16)29-17/h4-5,11,13-15,18H,2-3,6-10,12H2,1H3,(H,25,29)(H,30,36)(H,32,33)(H,34,35)(H,26,27,28)/t14-,18?/m0/s1. The van der Waals surface area contributed by atoms with Crippen LogP contribution in [0.1, 0.15) is 43.4 Å². The van der Waals surface area contributed by atoms with Gasteiger partial charge in [-0.3, -0.25) is 0 Å². The predicted molar refractivity (Wildman–Crippen MR) is 134 cm³/mol. The number of carboxylic acids is 2. The van der Waals surface area contributed by atoms with Gasteiger partial charge in [0.05, 0.1) is 0 Å². The van der Waals surface area contributed by atoms with Crippen LogP contribution in [0.25, 0.3) is 0 Å². The van der Waals surface area contributed by atoms with E-state index in [9.17, 15) is 19.5 Å². The Morgan fingerprint density at radius 2 is 1.97 bits per heavy atom. The van der Waals surface area contributed by atoms with E-state index in [1.54, 1.807) is 6.07 Å². The Kier molecular flexibility index (Phi) is 8.21. The van der Waals surface area contributed by atoms with Crippen LogP contribution in [-0.2, 0) is 20.7 Å². The first-order valence-electron chi connectivity index (χ1n) is 12.3. The second-order valence-corrected chi connectivity index (χ2v) is 9.10. The van der Waals surface area contributed by atoms with Crippen LogP contribution in [0, 0.1) is 0 Å². The highest BCUT2D eigenvalue weighted by molar-refractivity contribution is 5.82. The lowest BCUT2D eigenvalue weighted by molar-refractivity contribution is -0.145. The van der Waals surface area contributed by atoms with Crippen molar-refractivity contribution in [3.05, 3.63) is 35.8 Å². The van der Waals surface area contributed by atoms with Crippen LogP contribution in [0.3, 0.4) is 0 Å². The summed E-state index contributed by atoms with van der Waals surface area (Å²) in [5.41, 5.74) is 2.39. The molecule has 0 radical (unpaired) electrons. The lowest BCUT2D eigenvalue weighted by atomic mass is 9.92. The Morgan fingerprint density at radius 1 is 1.19 bits per heavy atom. The minimum absolute atomic E-state index is 0.192. The summed E-state index contributed by atoms with van der Waals surface area (Å²) in [6, 6.07) is 4.69. The minimum atomic E-state index is -1.41. The minimum Gasteiger partial charge on any atom is -0.480 e. The SMILES string of the molecule is C[C@H](OC(=O)NC(CNc1cc(N2CCC(c3ccc4c(n3)NCCC4)CC2)ncn1)C(=O)O)C(=O)O. The van der Waals surface area contributed by atoms with Gasteiger partial charge in [-0.1, -0.05) is 6.07 Å². The predicted octanol–water partition coefficient (Wildman–Crippen LogP) is 1.68. The van der Waals surface area contributed by atoms with E-state index in [-0.39, 0.29) is 6.54 Å². The number of anilines is 3. The molecular weight excluding hydrogens is 482 g/mol. The van der Waals surface area contributed by atoms with Gasteiger partial charge in [0.25, 0.3) is 0 Å². The van der Waals surface area contributed by atoms with Crippen LogP contribution < -0.4 is 20.9 Å². The molecule has 2 aromatic heterocycles. The maximum absolute atomic E-state index is 11.8. The van der Waals surface area contributed by atoms with E-state index >= 15 is 0 Å². The summed E-state index contributed by atoms with van der Waals surface area (Å²) in [6.45, 7) is 3.52. The fourth-order valence-electron chi connectivity index (χ4n) is 4.39. The molecule has 198 valence electrons. The van der Waals surface area contributed by atoms with Crippen molar-refractivity contribution in [1.82, 2.24) is 20.3 Å². The number of carboxylic acid groups (broad SMARTS) is 2. The number of amides is 1. The zero-order valence-corrected chi connectivity index (χ0v) is 20.5. The number of rotatable bonds is 9. The van der Waals surface area contributed by atoms with Crippen LogP contribution in [0.15, 0.2) is 24.5 Å². The van der Waals surface area contributed by atoms with E-state index in [0.29, 0.717) is 17.6 Å². The number of aryl methyl sites for hydroxylation is 1. The maximum atomic E-state index is 11.8. The van der Waals surface area contributed by atoms with Gasteiger partial charge >= 0.3 is 18.0 Å². The first-order chi connectivity index (χ1) is 17.8. The highest BCUT2D eigenvalue weighted by atomic mass is 16.6. The van der Waals surface area contributed by atoms with Crippen molar-refractivity contribution in [1.29, 1.82) is 0 Å². The molecule has 2 aromatic rings. The van der Waals surface area contributed by atoms with E-state index < -0.39 is 30.2 Å². The van der Waals surface area contributed by atoms with Crippen LogP contribution in [0.2, 0.25) is 0 Å². The normalized spacial score (nSPS) is 17.1. The lowest BCUT2D eigenvalue weighted by Gasteiger charge is -2.33. The van der Waals surface area contributed by atoms with Crippen molar-refractivity contribution in [3.63, 3.8) is 0 Å². The summed E-state index contributed by atoms with van der Waals surface area (Å²) >= 11 is 0. The van der Waals surface area contributed by atoms with Crippen LogP contribution in [0.4, 0.5) is 22.2 Å². The molecule has 0 aliphatic carbocycles. The number of hydrogen-bond donors (Lipinski definition) is 5. The molecule has 4 rings (SSSR count).